The Hall–Kier alpha value is -1.49. The number of nitrogens with zero attached hydrogens (tertiary/aromatic N) is 1. The van der Waals surface area contributed by atoms with E-state index in [0.717, 1.165) is 17.7 Å². The topological polar surface area (TPSA) is 33.0 Å². The van der Waals surface area contributed by atoms with E-state index in [1.807, 2.05) is 13.8 Å². The first-order valence-corrected chi connectivity index (χ1v) is 5.58. The third kappa shape index (κ3) is 1.57. The van der Waals surface area contributed by atoms with Crippen LogP contribution in [0.4, 0.5) is 0 Å². The molecule has 2 heteroatoms. The fraction of sp³-hybridized carbons (Fsp3) is 0.500. The lowest BCUT2D eigenvalue weighted by atomic mass is 9.96. The van der Waals surface area contributed by atoms with E-state index in [4.69, 9.17) is 10.00 Å². The molecule has 2 unspecified atom stereocenters. The Morgan fingerprint density at radius 1 is 1.38 bits per heavy atom. The summed E-state index contributed by atoms with van der Waals surface area (Å²) < 4.78 is 5.29. The number of nitriles is 1. The van der Waals surface area contributed by atoms with Gasteiger partial charge in [0.1, 0.15) is 5.75 Å². The standard InChI is InChI=1S/C14H17NO/c1-9-6-13(16-4)10(2)5-11(9)12-7-14(12,3)8-15/h5-6,12H,7H2,1-4H3. The van der Waals surface area contributed by atoms with Gasteiger partial charge in [-0.1, -0.05) is 6.07 Å². The molecule has 0 spiro atoms. The Balaban J connectivity index is 2.38. The van der Waals surface area contributed by atoms with Crippen LogP contribution in [0.5, 0.6) is 5.75 Å². The van der Waals surface area contributed by atoms with E-state index in [1.165, 1.54) is 11.1 Å². The van der Waals surface area contributed by atoms with Crippen molar-refractivity contribution < 1.29 is 4.74 Å². The van der Waals surface area contributed by atoms with Crippen LogP contribution in [0.3, 0.4) is 0 Å². The van der Waals surface area contributed by atoms with E-state index < -0.39 is 0 Å². The first kappa shape index (κ1) is 11.0. The van der Waals surface area contributed by atoms with E-state index in [-0.39, 0.29) is 5.41 Å². The van der Waals surface area contributed by atoms with Crippen LogP contribution in [0.25, 0.3) is 0 Å². The van der Waals surface area contributed by atoms with Gasteiger partial charge in [-0.2, -0.15) is 5.26 Å². The van der Waals surface area contributed by atoms with Crippen LogP contribution in [0.2, 0.25) is 0 Å². The summed E-state index contributed by atoms with van der Waals surface area (Å²) in [5, 5.41) is 9.08. The highest BCUT2D eigenvalue weighted by molar-refractivity contribution is 5.47. The molecule has 2 rings (SSSR count). The van der Waals surface area contributed by atoms with Gasteiger partial charge in [0.15, 0.2) is 0 Å². The van der Waals surface area contributed by atoms with Crippen molar-refractivity contribution in [2.45, 2.75) is 33.1 Å². The summed E-state index contributed by atoms with van der Waals surface area (Å²) in [5.74, 6) is 1.34. The number of ether oxygens (including phenoxy) is 1. The number of hydrogen-bond acceptors (Lipinski definition) is 2. The normalized spacial score (nSPS) is 27.3. The van der Waals surface area contributed by atoms with E-state index in [2.05, 4.69) is 25.1 Å². The van der Waals surface area contributed by atoms with Gasteiger partial charge in [0.2, 0.25) is 0 Å². The molecule has 0 N–H and O–H groups in total. The lowest BCUT2D eigenvalue weighted by molar-refractivity contribution is 0.411. The highest BCUT2D eigenvalue weighted by Crippen LogP contribution is 2.59. The van der Waals surface area contributed by atoms with E-state index in [1.54, 1.807) is 7.11 Å². The van der Waals surface area contributed by atoms with E-state index >= 15 is 0 Å². The zero-order chi connectivity index (χ0) is 11.9. The number of rotatable bonds is 2. The lowest BCUT2D eigenvalue weighted by Gasteiger charge is -2.11. The SMILES string of the molecule is COc1cc(C)c(C2CC2(C)C#N)cc1C. The smallest absolute Gasteiger partial charge is 0.122 e. The second-order valence-corrected chi connectivity index (χ2v) is 4.96. The molecule has 0 aliphatic heterocycles. The summed E-state index contributed by atoms with van der Waals surface area (Å²) in [6, 6.07) is 6.65. The highest BCUT2D eigenvalue weighted by Gasteiger charge is 2.52. The van der Waals surface area contributed by atoms with Crippen molar-refractivity contribution in [3.63, 3.8) is 0 Å². The van der Waals surface area contributed by atoms with Gasteiger partial charge in [-0.3, -0.25) is 0 Å². The maximum Gasteiger partial charge on any atom is 0.122 e. The lowest BCUT2D eigenvalue weighted by Crippen LogP contribution is -1.97. The largest absolute Gasteiger partial charge is 0.496 e. The molecule has 0 heterocycles. The van der Waals surface area contributed by atoms with Gasteiger partial charge in [0, 0.05) is 5.92 Å². The monoisotopic (exact) mass is 215 g/mol. The summed E-state index contributed by atoms with van der Waals surface area (Å²) in [7, 11) is 1.69. The zero-order valence-electron chi connectivity index (χ0n) is 10.3. The summed E-state index contributed by atoms with van der Waals surface area (Å²) in [4.78, 5) is 0. The molecule has 0 radical (unpaired) electrons. The minimum Gasteiger partial charge on any atom is -0.496 e. The quantitative estimate of drug-likeness (QED) is 0.758. The Kier molecular flexibility index (Phi) is 2.42. The van der Waals surface area contributed by atoms with E-state index in [0.29, 0.717) is 5.92 Å². The van der Waals surface area contributed by atoms with Crippen molar-refractivity contribution in [2.75, 3.05) is 7.11 Å². The summed E-state index contributed by atoms with van der Waals surface area (Å²) >= 11 is 0. The molecule has 1 saturated carbocycles. The molecule has 2 nitrogen and oxygen atoms in total. The number of aryl methyl sites for hydroxylation is 2. The minimum atomic E-state index is -0.147. The predicted molar refractivity (Wildman–Crippen MR) is 63.5 cm³/mol. The Labute approximate surface area is 96.9 Å². The van der Waals surface area contributed by atoms with Crippen LogP contribution in [0.1, 0.15) is 36.0 Å². The molecular formula is C14H17NO. The van der Waals surface area contributed by atoms with Crippen LogP contribution in [0.15, 0.2) is 12.1 Å². The fourth-order valence-electron chi connectivity index (χ4n) is 2.35. The summed E-state index contributed by atoms with van der Waals surface area (Å²) in [6.45, 7) is 6.18. The third-order valence-corrected chi connectivity index (χ3v) is 3.65. The van der Waals surface area contributed by atoms with Crippen molar-refractivity contribution in [3.05, 3.63) is 28.8 Å². The molecule has 0 saturated heterocycles. The van der Waals surface area contributed by atoms with Crippen molar-refractivity contribution in [2.24, 2.45) is 5.41 Å². The maximum atomic E-state index is 9.08. The van der Waals surface area contributed by atoms with Crippen LogP contribution >= 0.6 is 0 Å². The Morgan fingerprint density at radius 2 is 2.06 bits per heavy atom. The first-order chi connectivity index (χ1) is 7.51. The van der Waals surface area contributed by atoms with Gasteiger partial charge in [0.25, 0.3) is 0 Å². The predicted octanol–water partition coefficient (Wildman–Crippen LogP) is 3.33. The average Bonchev–Trinajstić information content (AvgIpc) is 2.94. The molecule has 1 aliphatic carbocycles. The molecule has 2 atom stereocenters. The third-order valence-electron chi connectivity index (χ3n) is 3.65. The number of benzene rings is 1. The van der Waals surface area contributed by atoms with Crippen molar-refractivity contribution in [1.82, 2.24) is 0 Å². The van der Waals surface area contributed by atoms with Gasteiger partial charge in [-0.25, -0.2) is 0 Å². The Bertz CT molecular complexity index is 472. The molecule has 1 aromatic carbocycles. The number of methoxy groups -OCH3 is 1. The molecule has 0 bridgehead atoms. The molecule has 1 aromatic rings. The maximum absolute atomic E-state index is 9.08. The minimum absolute atomic E-state index is 0.147. The Morgan fingerprint density at radius 3 is 2.56 bits per heavy atom. The van der Waals surface area contributed by atoms with Crippen molar-refractivity contribution in [1.29, 1.82) is 5.26 Å². The molecule has 0 aromatic heterocycles. The molecule has 0 amide bonds. The van der Waals surface area contributed by atoms with E-state index in [9.17, 15) is 0 Å². The summed E-state index contributed by atoms with van der Waals surface area (Å²) in [6.07, 6.45) is 0.982. The molecule has 1 aliphatic rings. The van der Waals surface area contributed by atoms with Gasteiger partial charge >= 0.3 is 0 Å². The van der Waals surface area contributed by atoms with Crippen molar-refractivity contribution >= 4 is 0 Å². The van der Waals surface area contributed by atoms with Gasteiger partial charge in [-0.05, 0) is 49.9 Å². The first-order valence-electron chi connectivity index (χ1n) is 5.58. The molecule has 84 valence electrons. The summed E-state index contributed by atoms with van der Waals surface area (Å²) in [5.41, 5.74) is 3.54. The molecular weight excluding hydrogens is 198 g/mol. The van der Waals surface area contributed by atoms with Crippen LogP contribution in [0, 0.1) is 30.6 Å². The van der Waals surface area contributed by atoms with Crippen LogP contribution < -0.4 is 4.74 Å². The highest BCUT2D eigenvalue weighted by atomic mass is 16.5. The molecule has 16 heavy (non-hydrogen) atoms. The van der Waals surface area contributed by atoms with Gasteiger partial charge < -0.3 is 4.74 Å². The fourth-order valence-corrected chi connectivity index (χ4v) is 2.35. The van der Waals surface area contributed by atoms with Crippen LogP contribution in [-0.2, 0) is 0 Å². The zero-order valence-corrected chi connectivity index (χ0v) is 10.3. The van der Waals surface area contributed by atoms with Crippen molar-refractivity contribution in [3.8, 4) is 11.8 Å². The van der Waals surface area contributed by atoms with Crippen LogP contribution in [-0.4, -0.2) is 7.11 Å². The number of hydrogen-bond donors (Lipinski definition) is 0. The average molecular weight is 215 g/mol. The second-order valence-electron chi connectivity index (χ2n) is 4.96. The molecule has 1 fully saturated rings. The second kappa shape index (κ2) is 3.52. The van der Waals surface area contributed by atoms with Gasteiger partial charge in [-0.15, -0.1) is 0 Å². The van der Waals surface area contributed by atoms with Gasteiger partial charge in [0.05, 0.1) is 18.6 Å².